The maximum absolute atomic E-state index is 12.8. The van der Waals surface area contributed by atoms with Gasteiger partial charge in [0.25, 0.3) is 5.56 Å². The third kappa shape index (κ3) is 4.89. The Balaban J connectivity index is 1.70. The lowest BCUT2D eigenvalue weighted by Crippen LogP contribution is -2.33. The van der Waals surface area contributed by atoms with E-state index in [4.69, 9.17) is 0 Å². The molecule has 1 aliphatic rings. The Morgan fingerprint density at radius 3 is 2.54 bits per heavy atom. The Bertz CT molecular complexity index is 921. The molecule has 0 aliphatic carbocycles. The molecule has 0 spiro atoms. The number of pyridine rings is 1. The van der Waals surface area contributed by atoms with Crippen LogP contribution < -0.4 is 15.8 Å². The largest absolute Gasteiger partial charge is 0.417 e. The van der Waals surface area contributed by atoms with E-state index in [0.29, 0.717) is 18.0 Å². The molecule has 1 fully saturated rings. The van der Waals surface area contributed by atoms with Gasteiger partial charge in [-0.1, -0.05) is 0 Å². The highest BCUT2D eigenvalue weighted by molar-refractivity contribution is 7.99. The van der Waals surface area contributed by atoms with Crippen LogP contribution in [0.3, 0.4) is 0 Å². The van der Waals surface area contributed by atoms with E-state index in [1.54, 1.807) is 6.07 Å². The Morgan fingerprint density at radius 2 is 1.89 bits per heavy atom. The zero-order valence-electron chi connectivity index (χ0n) is 15.3. The van der Waals surface area contributed by atoms with Crippen LogP contribution in [0.1, 0.15) is 11.1 Å². The maximum atomic E-state index is 12.8. The first kappa shape index (κ1) is 20.3. The fourth-order valence-corrected chi connectivity index (χ4v) is 3.97. The monoisotopic (exact) mass is 411 g/mol. The molecule has 1 aliphatic heterocycles. The number of rotatable bonds is 4. The molecule has 1 saturated heterocycles. The van der Waals surface area contributed by atoms with E-state index in [1.165, 1.54) is 0 Å². The van der Waals surface area contributed by atoms with E-state index in [9.17, 15) is 22.8 Å². The number of carbonyl (C=O) groups excluding carboxylic acids is 1. The molecule has 0 saturated carbocycles. The number of hydrogen-bond acceptors (Lipinski definition) is 4. The van der Waals surface area contributed by atoms with E-state index < -0.39 is 29.8 Å². The van der Waals surface area contributed by atoms with Gasteiger partial charge in [-0.15, -0.1) is 0 Å². The summed E-state index contributed by atoms with van der Waals surface area (Å²) in [5.41, 5.74) is 1.00. The smallest absolute Gasteiger partial charge is 0.370 e. The van der Waals surface area contributed by atoms with Crippen molar-refractivity contribution in [3.8, 4) is 0 Å². The quantitative estimate of drug-likeness (QED) is 0.838. The topological polar surface area (TPSA) is 54.3 Å². The van der Waals surface area contributed by atoms with Gasteiger partial charge in [0.05, 0.1) is 5.56 Å². The van der Waals surface area contributed by atoms with Crippen LogP contribution in [0.15, 0.2) is 41.3 Å². The number of nitrogens with one attached hydrogen (secondary N) is 1. The van der Waals surface area contributed by atoms with Crippen LogP contribution >= 0.6 is 11.8 Å². The van der Waals surface area contributed by atoms with Crippen LogP contribution in [0, 0.1) is 6.92 Å². The summed E-state index contributed by atoms with van der Waals surface area (Å²) in [6.07, 6.45) is -3.92. The lowest BCUT2D eigenvalue weighted by atomic mass is 10.1. The highest BCUT2D eigenvalue weighted by Crippen LogP contribution is 2.28. The molecule has 1 aromatic carbocycles. The van der Waals surface area contributed by atoms with Gasteiger partial charge in [-0.2, -0.15) is 24.9 Å². The number of aryl methyl sites for hydroxylation is 1. The third-order valence-corrected chi connectivity index (χ3v) is 5.40. The van der Waals surface area contributed by atoms with Gasteiger partial charge >= 0.3 is 6.18 Å². The van der Waals surface area contributed by atoms with E-state index in [2.05, 4.69) is 10.2 Å². The molecule has 28 heavy (non-hydrogen) atoms. The Hall–Kier alpha value is -2.42. The van der Waals surface area contributed by atoms with Crippen molar-refractivity contribution >= 4 is 29.0 Å². The van der Waals surface area contributed by atoms with Gasteiger partial charge in [0.15, 0.2) is 0 Å². The summed E-state index contributed by atoms with van der Waals surface area (Å²) in [7, 11) is 0. The molecule has 9 heteroatoms. The van der Waals surface area contributed by atoms with Crippen LogP contribution in [0.25, 0.3) is 0 Å². The minimum Gasteiger partial charge on any atom is -0.370 e. The molecule has 1 aromatic heterocycles. The van der Waals surface area contributed by atoms with Crippen molar-refractivity contribution in [3.63, 3.8) is 0 Å². The van der Waals surface area contributed by atoms with E-state index in [1.807, 2.05) is 30.8 Å². The molecule has 3 rings (SSSR count). The van der Waals surface area contributed by atoms with Crippen LogP contribution in [0.4, 0.5) is 24.5 Å². The van der Waals surface area contributed by atoms with Crippen molar-refractivity contribution in [3.05, 3.63) is 58.0 Å². The van der Waals surface area contributed by atoms with Crippen molar-refractivity contribution in [2.75, 3.05) is 34.8 Å². The summed E-state index contributed by atoms with van der Waals surface area (Å²) >= 11 is 1.92. The second-order valence-corrected chi connectivity index (χ2v) is 7.76. The number of nitrogens with zero attached hydrogens (tertiary/aromatic N) is 2. The fourth-order valence-electron chi connectivity index (χ4n) is 3.07. The van der Waals surface area contributed by atoms with E-state index >= 15 is 0 Å². The predicted molar refractivity (Wildman–Crippen MR) is 105 cm³/mol. The summed E-state index contributed by atoms with van der Waals surface area (Å²) in [5.74, 6) is 1.58. The van der Waals surface area contributed by atoms with Gasteiger partial charge in [-0.05, 0) is 36.8 Å². The van der Waals surface area contributed by atoms with Crippen LogP contribution in [-0.4, -0.2) is 35.1 Å². The SMILES string of the molecule is Cc1cc(NC(=O)Cn2cc(C(F)(F)F)ccc2=O)ccc1N1CCSCC1. The molecular weight excluding hydrogens is 391 g/mol. The number of hydrogen-bond donors (Lipinski definition) is 1. The van der Waals surface area contributed by atoms with Gasteiger partial charge in [0.1, 0.15) is 6.54 Å². The van der Waals surface area contributed by atoms with Gasteiger partial charge in [0, 0.05) is 48.2 Å². The highest BCUT2D eigenvalue weighted by atomic mass is 32.2. The lowest BCUT2D eigenvalue weighted by Gasteiger charge is -2.30. The number of amides is 1. The number of carbonyl (C=O) groups is 1. The molecule has 2 aromatic rings. The Morgan fingerprint density at radius 1 is 1.18 bits per heavy atom. The second kappa shape index (κ2) is 8.30. The summed E-state index contributed by atoms with van der Waals surface area (Å²) in [6, 6.07) is 7.03. The van der Waals surface area contributed by atoms with Crippen molar-refractivity contribution < 1.29 is 18.0 Å². The number of halogens is 3. The van der Waals surface area contributed by atoms with E-state index in [0.717, 1.165) is 46.5 Å². The van der Waals surface area contributed by atoms with Gasteiger partial charge in [-0.3, -0.25) is 9.59 Å². The first-order valence-corrected chi connectivity index (χ1v) is 9.90. The van der Waals surface area contributed by atoms with Gasteiger partial charge in [-0.25, -0.2) is 0 Å². The number of anilines is 2. The highest BCUT2D eigenvalue weighted by Gasteiger charge is 2.31. The molecule has 1 amide bonds. The normalized spacial score (nSPS) is 14.8. The van der Waals surface area contributed by atoms with Gasteiger partial charge < -0.3 is 14.8 Å². The number of aromatic nitrogens is 1. The first-order valence-electron chi connectivity index (χ1n) is 8.75. The molecule has 5 nitrogen and oxygen atoms in total. The number of benzene rings is 1. The average molecular weight is 411 g/mol. The zero-order chi connectivity index (χ0) is 20.3. The second-order valence-electron chi connectivity index (χ2n) is 6.53. The van der Waals surface area contributed by atoms with Crippen LogP contribution in [0.5, 0.6) is 0 Å². The molecular formula is C19H20F3N3O2S. The number of thioether (sulfide) groups is 1. The lowest BCUT2D eigenvalue weighted by molar-refractivity contribution is -0.138. The fraction of sp³-hybridized carbons (Fsp3) is 0.368. The van der Waals surface area contributed by atoms with Gasteiger partial charge in [0.2, 0.25) is 5.91 Å². The average Bonchev–Trinajstić information content (AvgIpc) is 2.63. The molecule has 0 bridgehead atoms. The molecule has 0 atom stereocenters. The molecule has 1 N–H and O–H groups in total. The zero-order valence-corrected chi connectivity index (χ0v) is 16.1. The summed E-state index contributed by atoms with van der Waals surface area (Å²) in [4.78, 5) is 26.3. The van der Waals surface area contributed by atoms with E-state index in [-0.39, 0.29) is 0 Å². The van der Waals surface area contributed by atoms with Crippen molar-refractivity contribution in [2.24, 2.45) is 0 Å². The molecule has 0 radical (unpaired) electrons. The Kier molecular flexibility index (Phi) is 6.02. The predicted octanol–water partition coefficient (Wildman–Crippen LogP) is 3.37. The maximum Gasteiger partial charge on any atom is 0.417 e. The molecule has 150 valence electrons. The van der Waals surface area contributed by atoms with Crippen LogP contribution in [-0.2, 0) is 17.5 Å². The first-order chi connectivity index (χ1) is 13.2. The molecule has 0 unspecified atom stereocenters. The molecule has 2 heterocycles. The van der Waals surface area contributed by atoms with Crippen LogP contribution in [0.2, 0.25) is 0 Å². The summed E-state index contributed by atoms with van der Waals surface area (Å²) in [6.45, 7) is 3.39. The standard InChI is InChI=1S/C19H20F3N3O2S/c1-13-10-15(3-4-16(13)24-6-8-28-9-7-24)23-17(26)12-25-11-14(19(20,21)22)2-5-18(25)27/h2-5,10-11H,6-9,12H2,1H3,(H,23,26). The van der Waals surface area contributed by atoms with Crippen molar-refractivity contribution in [1.29, 1.82) is 0 Å². The van der Waals surface area contributed by atoms with Crippen molar-refractivity contribution in [1.82, 2.24) is 4.57 Å². The third-order valence-electron chi connectivity index (χ3n) is 4.46. The number of alkyl halides is 3. The summed E-state index contributed by atoms with van der Waals surface area (Å²) in [5, 5.41) is 2.64. The minimum atomic E-state index is -4.58. The summed E-state index contributed by atoms with van der Waals surface area (Å²) < 4.78 is 39.1. The van der Waals surface area contributed by atoms with Crippen molar-refractivity contribution in [2.45, 2.75) is 19.6 Å². The minimum absolute atomic E-state index is 0.493. The Labute approximate surface area is 164 Å².